The molecule has 0 aliphatic carbocycles. The van der Waals surface area contributed by atoms with E-state index in [1.807, 2.05) is 0 Å². The van der Waals surface area contributed by atoms with Crippen LogP contribution in [0.3, 0.4) is 0 Å². The summed E-state index contributed by atoms with van der Waals surface area (Å²) in [6, 6.07) is 0. The standard InChI is InChI=1S/C9H23NO4P2/c1-10(6-8-15(11-2)12-3)7-9-16(13-4)14-5/h6-9H2,1-5H3. The highest BCUT2D eigenvalue weighted by atomic mass is 31.2. The summed E-state index contributed by atoms with van der Waals surface area (Å²) in [5, 5.41) is 0. The van der Waals surface area contributed by atoms with Crippen LogP contribution in [-0.2, 0) is 18.1 Å². The predicted molar refractivity (Wildman–Crippen MR) is 69.1 cm³/mol. The van der Waals surface area contributed by atoms with Crippen molar-refractivity contribution in [3.05, 3.63) is 0 Å². The molecule has 0 radical (unpaired) electrons. The Labute approximate surface area is 101 Å². The summed E-state index contributed by atoms with van der Waals surface area (Å²) >= 11 is 0. The van der Waals surface area contributed by atoms with Gasteiger partial charge in [-0.1, -0.05) is 0 Å². The maximum Gasteiger partial charge on any atom is 0.171 e. The monoisotopic (exact) mass is 271 g/mol. The van der Waals surface area contributed by atoms with Crippen molar-refractivity contribution in [2.24, 2.45) is 0 Å². The summed E-state index contributed by atoms with van der Waals surface area (Å²) in [5.41, 5.74) is 0. The van der Waals surface area contributed by atoms with E-state index in [1.165, 1.54) is 0 Å². The van der Waals surface area contributed by atoms with Gasteiger partial charge in [0.05, 0.1) is 0 Å². The second-order valence-electron chi connectivity index (χ2n) is 3.15. The topological polar surface area (TPSA) is 40.2 Å². The molecule has 0 saturated heterocycles. The van der Waals surface area contributed by atoms with E-state index < -0.39 is 16.8 Å². The minimum atomic E-state index is -0.721. The Kier molecular flexibility index (Phi) is 11.2. The van der Waals surface area contributed by atoms with Crippen LogP contribution in [0.2, 0.25) is 0 Å². The van der Waals surface area contributed by atoms with Crippen LogP contribution < -0.4 is 0 Å². The summed E-state index contributed by atoms with van der Waals surface area (Å²) < 4.78 is 20.8. The molecule has 7 heteroatoms. The molecule has 16 heavy (non-hydrogen) atoms. The molecule has 0 aliphatic heterocycles. The molecule has 0 aromatic rings. The molecule has 0 aliphatic rings. The van der Waals surface area contributed by atoms with Crippen molar-refractivity contribution >= 4 is 16.8 Å². The molecule has 0 rings (SSSR count). The normalized spacial score (nSPS) is 12.0. The van der Waals surface area contributed by atoms with Crippen LogP contribution >= 0.6 is 16.8 Å². The van der Waals surface area contributed by atoms with E-state index in [0.29, 0.717) is 0 Å². The highest BCUT2D eigenvalue weighted by Crippen LogP contribution is 2.36. The Morgan fingerprint density at radius 1 is 0.750 bits per heavy atom. The van der Waals surface area contributed by atoms with Crippen molar-refractivity contribution in [1.29, 1.82) is 0 Å². The number of nitrogens with zero attached hydrogens (tertiary/aromatic N) is 1. The lowest BCUT2D eigenvalue weighted by Crippen LogP contribution is -2.25. The second-order valence-corrected chi connectivity index (χ2v) is 6.83. The average Bonchev–Trinajstić information content (AvgIpc) is 2.31. The Hall–Kier alpha value is 0.660. The van der Waals surface area contributed by atoms with Crippen molar-refractivity contribution < 1.29 is 18.1 Å². The van der Waals surface area contributed by atoms with Gasteiger partial charge in [0.25, 0.3) is 0 Å². The molecule has 0 N–H and O–H groups in total. The van der Waals surface area contributed by atoms with Gasteiger partial charge in [-0.3, -0.25) is 0 Å². The highest BCUT2D eigenvalue weighted by molar-refractivity contribution is 7.47. The molecule has 0 aromatic heterocycles. The van der Waals surface area contributed by atoms with Gasteiger partial charge in [-0.15, -0.1) is 0 Å². The van der Waals surface area contributed by atoms with Crippen LogP contribution in [0, 0.1) is 0 Å². The Morgan fingerprint density at radius 2 is 1.06 bits per heavy atom. The van der Waals surface area contributed by atoms with Crippen LogP contribution in [-0.4, -0.2) is 65.8 Å². The van der Waals surface area contributed by atoms with E-state index in [4.69, 9.17) is 18.1 Å². The summed E-state index contributed by atoms with van der Waals surface area (Å²) in [6.07, 6.45) is 1.85. The van der Waals surface area contributed by atoms with E-state index in [-0.39, 0.29) is 0 Å². The summed E-state index contributed by atoms with van der Waals surface area (Å²) in [4.78, 5) is 2.24. The average molecular weight is 271 g/mol. The molecule has 0 fully saturated rings. The SMILES string of the molecule is COP(CCN(C)CCP(OC)OC)OC. The quantitative estimate of drug-likeness (QED) is 0.569. The Bertz CT molecular complexity index is 140. The van der Waals surface area contributed by atoms with Gasteiger partial charge in [0.2, 0.25) is 0 Å². The second kappa shape index (κ2) is 10.8. The predicted octanol–water partition coefficient (Wildman–Crippen LogP) is 2.13. The van der Waals surface area contributed by atoms with Gasteiger partial charge in [-0.25, -0.2) is 0 Å². The van der Waals surface area contributed by atoms with Gasteiger partial charge in [-0.2, -0.15) is 0 Å². The summed E-state index contributed by atoms with van der Waals surface area (Å²) in [5.74, 6) is 0. The lowest BCUT2D eigenvalue weighted by atomic mass is 10.6. The van der Waals surface area contributed by atoms with Crippen LogP contribution in [0.15, 0.2) is 0 Å². The lowest BCUT2D eigenvalue weighted by Gasteiger charge is -2.20. The molecule has 0 amide bonds. The van der Waals surface area contributed by atoms with Gasteiger partial charge in [0.1, 0.15) is 0 Å². The fraction of sp³-hybridized carbons (Fsp3) is 1.00. The van der Waals surface area contributed by atoms with Crippen LogP contribution in [0.5, 0.6) is 0 Å². The van der Waals surface area contributed by atoms with Crippen LogP contribution in [0.1, 0.15) is 0 Å². The fourth-order valence-electron chi connectivity index (χ4n) is 1.13. The number of hydrogen-bond acceptors (Lipinski definition) is 5. The Balaban J connectivity index is 3.61. The molecule has 0 bridgehead atoms. The maximum atomic E-state index is 5.19. The molecular weight excluding hydrogens is 248 g/mol. The molecule has 0 atom stereocenters. The minimum Gasteiger partial charge on any atom is -0.337 e. The summed E-state index contributed by atoms with van der Waals surface area (Å²) in [7, 11) is 7.38. The molecule has 0 heterocycles. The Morgan fingerprint density at radius 3 is 1.31 bits per heavy atom. The van der Waals surface area contributed by atoms with Gasteiger partial charge >= 0.3 is 0 Å². The molecule has 0 aromatic carbocycles. The lowest BCUT2D eigenvalue weighted by molar-refractivity contribution is 0.313. The van der Waals surface area contributed by atoms with Crippen molar-refractivity contribution in [2.45, 2.75) is 0 Å². The van der Waals surface area contributed by atoms with Crippen molar-refractivity contribution in [3.63, 3.8) is 0 Å². The van der Waals surface area contributed by atoms with Crippen molar-refractivity contribution in [3.8, 4) is 0 Å². The zero-order valence-electron chi connectivity index (χ0n) is 10.8. The van der Waals surface area contributed by atoms with Crippen molar-refractivity contribution in [1.82, 2.24) is 4.90 Å². The summed E-state index contributed by atoms with van der Waals surface area (Å²) in [6.45, 7) is 1.92. The third-order valence-corrected chi connectivity index (χ3v) is 4.90. The first-order chi connectivity index (χ1) is 7.67. The third kappa shape index (κ3) is 7.86. The fourth-order valence-corrected chi connectivity index (χ4v) is 3.17. The van der Waals surface area contributed by atoms with E-state index in [0.717, 1.165) is 25.4 Å². The van der Waals surface area contributed by atoms with Gasteiger partial charge in [-0.05, 0) is 7.05 Å². The molecule has 0 saturated carbocycles. The minimum absolute atomic E-state index is 0.721. The molecular formula is C9H23NO4P2. The first-order valence-electron chi connectivity index (χ1n) is 5.08. The number of rotatable bonds is 10. The zero-order valence-corrected chi connectivity index (χ0v) is 12.6. The number of hydrogen-bond donors (Lipinski definition) is 0. The van der Waals surface area contributed by atoms with Gasteiger partial charge < -0.3 is 23.0 Å². The molecule has 5 nitrogen and oxygen atoms in total. The van der Waals surface area contributed by atoms with E-state index in [2.05, 4.69) is 11.9 Å². The van der Waals surface area contributed by atoms with Crippen molar-refractivity contribution in [2.75, 3.05) is 60.9 Å². The van der Waals surface area contributed by atoms with E-state index >= 15 is 0 Å². The zero-order chi connectivity index (χ0) is 12.4. The van der Waals surface area contributed by atoms with Crippen LogP contribution in [0.4, 0.5) is 0 Å². The first-order valence-corrected chi connectivity index (χ1v) is 7.80. The smallest absolute Gasteiger partial charge is 0.171 e. The molecule has 0 spiro atoms. The molecule has 0 unspecified atom stereocenters. The van der Waals surface area contributed by atoms with E-state index in [1.54, 1.807) is 28.4 Å². The third-order valence-electron chi connectivity index (χ3n) is 2.14. The van der Waals surface area contributed by atoms with Gasteiger partial charge in [0, 0.05) is 53.9 Å². The largest absolute Gasteiger partial charge is 0.337 e. The molecule has 98 valence electrons. The first kappa shape index (κ1) is 16.7. The van der Waals surface area contributed by atoms with Crippen LogP contribution in [0.25, 0.3) is 0 Å². The van der Waals surface area contributed by atoms with Gasteiger partial charge in [0.15, 0.2) is 16.8 Å². The highest BCUT2D eigenvalue weighted by Gasteiger charge is 2.11. The van der Waals surface area contributed by atoms with E-state index in [9.17, 15) is 0 Å². The maximum absolute atomic E-state index is 5.19.